The van der Waals surface area contributed by atoms with Crippen LogP contribution in [0.25, 0.3) is 0 Å². The van der Waals surface area contributed by atoms with Gasteiger partial charge in [0, 0.05) is 38.8 Å². The normalized spacial score (nSPS) is 32.6. The molecule has 5 heterocycles. The maximum Gasteiger partial charge on any atom is 0.106 e. The molecule has 0 saturated carbocycles. The largest absolute Gasteiger partial charge is 0.471 e. The molecule has 22 heavy (non-hydrogen) atoms. The lowest BCUT2D eigenvalue weighted by Crippen LogP contribution is -2.61. The van der Waals surface area contributed by atoms with Gasteiger partial charge in [0.25, 0.3) is 0 Å². The maximum atomic E-state index is 5.04. The molecule has 0 unspecified atom stereocenters. The monoisotopic (exact) mass is 299 g/mol. The lowest BCUT2D eigenvalue weighted by atomic mass is 9.83. The lowest BCUT2D eigenvalue weighted by Gasteiger charge is -2.50. The van der Waals surface area contributed by atoms with Gasteiger partial charge in [-0.2, -0.15) is 0 Å². The molecule has 0 N–H and O–H groups in total. The van der Waals surface area contributed by atoms with Gasteiger partial charge in [-0.05, 0) is 37.9 Å². The molecule has 0 aliphatic carbocycles. The van der Waals surface area contributed by atoms with E-state index in [-0.39, 0.29) is 0 Å². The summed E-state index contributed by atoms with van der Waals surface area (Å²) < 4.78 is 5.04. The Balaban J connectivity index is 1.26. The predicted molar refractivity (Wildman–Crippen MR) is 86.6 cm³/mol. The van der Waals surface area contributed by atoms with Gasteiger partial charge in [-0.15, -0.1) is 0 Å². The molecule has 0 aromatic carbocycles. The first kappa shape index (κ1) is 14.3. The van der Waals surface area contributed by atoms with E-state index < -0.39 is 0 Å². The number of hydrogen-bond donors (Lipinski definition) is 0. The fraction of sp³-hybridized carbons (Fsp3) is 0.667. The quantitative estimate of drug-likeness (QED) is 0.769. The summed E-state index contributed by atoms with van der Waals surface area (Å²) in [6.07, 6.45) is 6.22. The van der Waals surface area contributed by atoms with Crippen LogP contribution in [0, 0.1) is 17.8 Å². The Kier molecular flexibility index (Phi) is 4.20. The Morgan fingerprint density at radius 3 is 2.55 bits per heavy atom. The first-order valence-electron chi connectivity index (χ1n) is 8.58. The Hall–Kier alpha value is -1.28. The molecule has 0 spiro atoms. The molecule has 2 bridgehead atoms. The van der Waals surface area contributed by atoms with E-state index in [1.807, 2.05) is 6.07 Å². The SMILES string of the molecule is C(#Cc1ccoc1)CN1CCN([C@H]2CN3CCC2CC3)CC1. The van der Waals surface area contributed by atoms with Crippen LogP contribution >= 0.6 is 0 Å². The number of hydrogen-bond acceptors (Lipinski definition) is 4. The van der Waals surface area contributed by atoms with Crippen LogP contribution in [0.2, 0.25) is 0 Å². The van der Waals surface area contributed by atoms with Crippen molar-refractivity contribution >= 4 is 0 Å². The van der Waals surface area contributed by atoms with Gasteiger partial charge in [0.2, 0.25) is 0 Å². The molecule has 5 rings (SSSR count). The van der Waals surface area contributed by atoms with Crippen molar-refractivity contribution in [1.82, 2.24) is 14.7 Å². The third-order valence-corrected chi connectivity index (χ3v) is 5.55. The summed E-state index contributed by atoms with van der Waals surface area (Å²) in [6, 6.07) is 2.74. The predicted octanol–water partition coefficient (Wildman–Crippen LogP) is 1.34. The third-order valence-electron chi connectivity index (χ3n) is 5.55. The average Bonchev–Trinajstić information content (AvgIpc) is 3.10. The van der Waals surface area contributed by atoms with E-state index in [2.05, 4.69) is 26.5 Å². The van der Waals surface area contributed by atoms with E-state index in [0.717, 1.165) is 37.2 Å². The van der Waals surface area contributed by atoms with Gasteiger partial charge in [0.1, 0.15) is 6.26 Å². The van der Waals surface area contributed by atoms with Crippen LogP contribution in [0.5, 0.6) is 0 Å². The van der Waals surface area contributed by atoms with Gasteiger partial charge in [0.15, 0.2) is 0 Å². The van der Waals surface area contributed by atoms with Crippen LogP contribution in [0.15, 0.2) is 23.0 Å². The number of piperidine rings is 3. The second-order valence-electron chi connectivity index (χ2n) is 6.83. The Labute approximate surface area is 133 Å². The van der Waals surface area contributed by atoms with E-state index in [4.69, 9.17) is 4.42 Å². The number of rotatable bonds is 2. The molecule has 4 fully saturated rings. The Morgan fingerprint density at radius 1 is 1.09 bits per heavy atom. The molecule has 4 saturated heterocycles. The summed E-state index contributed by atoms with van der Waals surface area (Å²) in [5.74, 6) is 7.39. The smallest absolute Gasteiger partial charge is 0.106 e. The highest BCUT2D eigenvalue weighted by atomic mass is 16.3. The second-order valence-corrected chi connectivity index (χ2v) is 6.83. The van der Waals surface area contributed by atoms with E-state index in [1.54, 1.807) is 12.5 Å². The Bertz CT molecular complexity index is 528. The second kappa shape index (κ2) is 6.45. The first-order valence-corrected chi connectivity index (χ1v) is 8.58. The van der Waals surface area contributed by atoms with Crippen LogP contribution in [0.4, 0.5) is 0 Å². The van der Waals surface area contributed by atoms with Crippen LogP contribution in [-0.2, 0) is 0 Å². The zero-order chi connectivity index (χ0) is 14.8. The highest BCUT2D eigenvalue weighted by Gasteiger charge is 2.38. The van der Waals surface area contributed by atoms with Crippen LogP contribution in [0.3, 0.4) is 0 Å². The molecule has 4 heteroatoms. The number of fused-ring (bicyclic) bond motifs is 3. The van der Waals surface area contributed by atoms with Crippen LogP contribution < -0.4 is 0 Å². The van der Waals surface area contributed by atoms with Gasteiger partial charge in [-0.1, -0.05) is 11.8 Å². The fourth-order valence-corrected chi connectivity index (χ4v) is 4.19. The molecule has 1 aromatic rings. The molecule has 0 radical (unpaired) electrons. The van der Waals surface area contributed by atoms with Gasteiger partial charge >= 0.3 is 0 Å². The van der Waals surface area contributed by atoms with Crippen molar-refractivity contribution in [2.24, 2.45) is 5.92 Å². The molecule has 0 amide bonds. The topological polar surface area (TPSA) is 22.9 Å². The highest BCUT2D eigenvalue weighted by molar-refractivity contribution is 5.30. The number of piperazine rings is 1. The molecule has 4 aliphatic heterocycles. The van der Waals surface area contributed by atoms with Gasteiger partial charge in [-0.25, -0.2) is 0 Å². The molecule has 4 aliphatic rings. The molecule has 118 valence electrons. The van der Waals surface area contributed by atoms with Crippen LogP contribution in [0.1, 0.15) is 18.4 Å². The van der Waals surface area contributed by atoms with Gasteiger partial charge < -0.3 is 9.32 Å². The average molecular weight is 299 g/mol. The van der Waals surface area contributed by atoms with Crippen molar-refractivity contribution in [3.63, 3.8) is 0 Å². The van der Waals surface area contributed by atoms with Gasteiger partial charge in [0.05, 0.1) is 18.4 Å². The third kappa shape index (κ3) is 3.08. The standard InChI is InChI=1S/C18H25N3O/c1(2-16-5-13-22-15-16)6-19-9-11-21(12-10-19)18-14-20-7-3-17(18)4-8-20/h5,13,15,17-18H,3-4,6-12,14H2/t18-/m0/s1. The minimum absolute atomic E-state index is 0.821. The van der Waals surface area contributed by atoms with Crippen molar-refractivity contribution in [3.05, 3.63) is 24.2 Å². The first-order chi connectivity index (χ1) is 10.9. The summed E-state index contributed by atoms with van der Waals surface area (Å²) in [4.78, 5) is 7.88. The molecule has 1 atom stereocenters. The van der Waals surface area contributed by atoms with E-state index in [0.29, 0.717) is 0 Å². The van der Waals surface area contributed by atoms with Gasteiger partial charge in [-0.3, -0.25) is 9.80 Å². The van der Waals surface area contributed by atoms with E-state index in [9.17, 15) is 0 Å². The summed E-state index contributed by atoms with van der Waals surface area (Å²) >= 11 is 0. The van der Waals surface area contributed by atoms with Crippen molar-refractivity contribution in [2.75, 3.05) is 52.4 Å². The number of furan rings is 1. The minimum Gasteiger partial charge on any atom is -0.471 e. The summed E-state index contributed by atoms with van der Waals surface area (Å²) in [5.41, 5.74) is 0.978. The summed E-state index contributed by atoms with van der Waals surface area (Å²) in [7, 11) is 0. The van der Waals surface area contributed by atoms with Crippen molar-refractivity contribution in [3.8, 4) is 11.8 Å². The van der Waals surface area contributed by atoms with E-state index >= 15 is 0 Å². The highest BCUT2D eigenvalue weighted by Crippen LogP contribution is 2.31. The van der Waals surface area contributed by atoms with Crippen LogP contribution in [-0.4, -0.2) is 73.1 Å². The molecule has 1 aromatic heterocycles. The van der Waals surface area contributed by atoms with Crippen molar-refractivity contribution in [2.45, 2.75) is 18.9 Å². The van der Waals surface area contributed by atoms with Crippen molar-refractivity contribution in [1.29, 1.82) is 0 Å². The Morgan fingerprint density at radius 2 is 1.91 bits per heavy atom. The number of nitrogens with zero attached hydrogens (tertiary/aromatic N) is 3. The van der Waals surface area contributed by atoms with E-state index in [1.165, 1.54) is 45.6 Å². The lowest BCUT2D eigenvalue weighted by molar-refractivity contribution is -0.0135. The molecular formula is C18H25N3O. The minimum atomic E-state index is 0.821. The maximum absolute atomic E-state index is 5.04. The summed E-state index contributed by atoms with van der Waals surface area (Å²) in [5, 5.41) is 0. The van der Waals surface area contributed by atoms with Crippen molar-refractivity contribution < 1.29 is 4.42 Å². The zero-order valence-corrected chi connectivity index (χ0v) is 13.2. The summed E-state index contributed by atoms with van der Waals surface area (Å²) in [6.45, 7) is 9.59. The molecule has 4 nitrogen and oxygen atoms in total. The molecular weight excluding hydrogens is 274 g/mol. The zero-order valence-electron chi connectivity index (χ0n) is 13.2. The fourth-order valence-electron chi connectivity index (χ4n) is 4.19.